The van der Waals surface area contributed by atoms with Crippen molar-refractivity contribution in [2.45, 2.75) is 26.4 Å². The molecule has 2 aromatic rings. The number of anilines is 1. The van der Waals surface area contributed by atoms with Gasteiger partial charge in [-0.3, -0.25) is 4.90 Å². The van der Waals surface area contributed by atoms with Crippen LogP contribution in [-0.4, -0.2) is 35.6 Å². The molecule has 1 aliphatic rings. The van der Waals surface area contributed by atoms with Gasteiger partial charge in [-0.1, -0.05) is 0 Å². The molecule has 2 heterocycles. The van der Waals surface area contributed by atoms with Gasteiger partial charge in [0.15, 0.2) is 0 Å². The average Bonchev–Trinajstić information content (AvgIpc) is 2.76. The Morgan fingerprint density at radius 2 is 1.95 bits per heavy atom. The lowest BCUT2D eigenvalue weighted by atomic mass is 10.2. The van der Waals surface area contributed by atoms with Crippen molar-refractivity contribution in [1.29, 1.82) is 0 Å². The Labute approximate surface area is 120 Å². The fourth-order valence-corrected chi connectivity index (χ4v) is 3.14. The summed E-state index contributed by atoms with van der Waals surface area (Å²) in [4.78, 5) is 2.52. The molecule has 0 amide bonds. The Morgan fingerprint density at radius 1 is 1.20 bits per heavy atom. The Kier molecular flexibility index (Phi) is 3.68. The van der Waals surface area contributed by atoms with E-state index in [-0.39, 0.29) is 0 Å². The van der Waals surface area contributed by atoms with E-state index >= 15 is 0 Å². The van der Waals surface area contributed by atoms with E-state index in [0.717, 1.165) is 38.4 Å². The van der Waals surface area contributed by atoms with Gasteiger partial charge in [-0.2, -0.15) is 0 Å². The second-order valence-electron chi connectivity index (χ2n) is 5.94. The first kappa shape index (κ1) is 13.5. The van der Waals surface area contributed by atoms with E-state index in [9.17, 15) is 0 Å². The van der Waals surface area contributed by atoms with Crippen molar-refractivity contribution in [3.63, 3.8) is 0 Å². The van der Waals surface area contributed by atoms with Gasteiger partial charge in [0, 0.05) is 61.0 Å². The monoisotopic (exact) mass is 272 g/mol. The zero-order valence-electron chi connectivity index (χ0n) is 12.4. The van der Waals surface area contributed by atoms with Crippen molar-refractivity contribution in [1.82, 2.24) is 14.8 Å². The molecule has 0 atom stereocenters. The van der Waals surface area contributed by atoms with Gasteiger partial charge >= 0.3 is 0 Å². The first-order valence-corrected chi connectivity index (χ1v) is 7.47. The molecule has 0 radical (unpaired) electrons. The summed E-state index contributed by atoms with van der Waals surface area (Å²) in [7, 11) is 0. The summed E-state index contributed by atoms with van der Waals surface area (Å²) in [5, 5.41) is 4.66. The minimum atomic E-state index is 0.467. The van der Waals surface area contributed by atoms with Crippen molar-refractivity contribution < 1.29 is 0 Å². The number of hydrogen-bond donors (Lipinski definition) is 2. The molecule has 1 aliphatic heterocycles. The highest BCUT2D eigenvalue weighted by Gasteiger charge is 2.16. The highest BCUT2D eigenvalue weighted by molar-refractivity contribution is 5.84. The summed E-state index contributed by atoms with van der Waals surface area (Å²) in [6, 6.07) is 8.99. The SMILES string of the molecule is CC(C)n1c(CN2CCNCC2)cc2cc(N)ccc21. The Bertz CT molecular complexity index is 594. The van der Waals surface area contributed by atoms with Crippen LogP contribution in [0.5, 0.6) is 0 Å². The van der Waals surface area contributed by atoms with E-state index in [1.165, 1.54) is 16.6 Å². The Balaban J connectivity index is 1.97. The third-order valence-electron chi connectivity index (χ3n) is 4.05. The molecular weight excluding hydrogens is 248 g/mol. The van der Waals surface area contributed by atoms with Crippen molar-refractivity contribution >= 4 is 16.6 Å². The minimum Gasteiger partial charge on any atom is -0.399 e. The van der Waals surface area contributed by atoms with Gasteiger partial charge in [-0.15, -0.1) is 0 Å². The van der Waals surface area contributed by atoms with Crippen LogP contribution >= 0.6 is 0 Å². The van der Waals surface area contributed by atoms with E-state index in [4.69, 9.17) is 5.73 Å². The van der Waals surface area contributed by atoms with Gasteiger partial charge in [0.1, 0.15) is 0 Å². The molecule has 0 aliphatic carbocycles. The molecule has 1 fully saturated rings. The molecule has 0 spiro atoms. The number of nitrogens with one attached hydrogen (secondary N) is 1. The summed E-state index contributed by atoms with van der Waals surface area (Å²) in [6.07, 6.45) is 0. The van der Waals surface area contributed by atoms with Crippen molar-refractivity contribution in [2.24, 2.45) is 0 Å². The van der Waals surface area contributed by atoms with Gasteiger partial charge < -0.3 is 15.6 Å². The van der Waals surface area contributed by atoms with Gasteiger partial charge in [-0.05, 0) is 38.1 Å². The number of rotatable bonds is 3. The zero-order chi connectivity index (χ0) is 14.1. The smallest absolute Gasteiger partial charge is 0.0486 e. The Morgan fingerprint density at radius 3 is 2.65 bits per heavy atom. The number of nitrogens with two attached hydrogens (primary N) is 1. The van der Waals surface area contributed by atoms with Crippen LogP contribution in [0.25, 0.3) is 10.9 Å². The molecule has 4 heteroatoms. The molecule has 0 bridgehead atoms. The Hall–Kier alpha value is -1.52. The highest BCUT2D eigenvalue weighted by atomic mass is 15.2. The zero-order valence-corrected chi connectivity index (χ0v) is 12.4. The van der Waals surface area contributed by atoms with Crippen LogP contribution in [0.2, 0.25) is 0 Å². The molecule has 1 saturated heterocycles. The molecule has 0 unspecified atom stereocenters. The largest absolute Gasteiger partial charge is 0.399 e. The molecule has 4 nitrogen and oxygen atoms in total. The lowest BCUT2D eigenvalue weighted by molar-refractivity contribution is 0.227. The van der Waals surface area contributed by atoms with Crippen LogP contribution < -0.4 is 11.1 Å². The van der Waals surface area contributed by atoms with Crippen LogP contribution in [0.15, 0.2) is 24.3 Å². The van der Waals surface area contributed by atoms with E-state index in [1.54, 1.807) is 0 Å². The summed E-state index contributed by atoms with van der Waals surface area (Å²) < 4.78 is 2.44. The van der Waals surface area contributed by atoms with Crippen molar-refractivity contribution in [2.75, 3.05) is 31.9 Å². The van der Waals surface area contributed by atoms with Crippen LogP contribution in [0.4, 0.5) is 5.69 Å². The maximum Gasteiger partial charge on any atom is 0.0486 e. The van der Waals surface area contributed by atoms with Gasteiger partial charge in [-0.25, -0.2) is 0 Å². The quantitative estimate of drug-likeness (QED) is 0.842. The summed E-state index contributed by atoms with van der Waals surface area (Å²) in [6.45, 7) is 9.95. The van der Waals surface area contributed by atoms with Crippen LogP contribution in [-0.2, 0) is 6.54 Å². The predicted octanol–water partition coefficient (Wildman–Crippen LogP) is 2.21. The fourth-order valence-electron chi connectivity index (χ4n) is 3.14. The number of hydrogen-bond acceptors (Lipinski definition) is 3. The topological polar surface area (TPSA) is 46.2 Å². The number of aromatic nitrogens is 1. The average molecular weight is 272 g/mol. The molecular formula is C16H24N4. The van der Waals surface area contributed by atoms with E-state index in [0.29, 0.717) is 6.04 Å². The number of piperazine rings is 1. The second-order valence-corrected chi connectivity index (χ2v) is 5.94. The van der Waals surface area contributed by atoms with Gasteiger partial charge in [0.25, 0.3) is 0 Å². The number of fused-ring (bicyclic) bond motifs is 1. The molecule has 1 aromatic heterocycles. The third kappa shape index (κ3) is 2.53. The van der Waals surface area contributed by atoms with Gasteiger partial charge in [0.2, 0.25) is 0 Å². The number of nitrogen functional groups attached to an aromatic ring is 1. The first-order chi connectivity index (χ1) is 9.65. The van der Waals surface area contributed by atoms with E-state index < -0.39 is 0 Å². The summed E-state index contributed by atoms with van der Waals surface area (Å²) in [5.74, 6) is 0. The summed E-state index contributed by atoms with van der Waals surface area (Å²) >= 11 is 0. The molecule has 108 valence electrons. The van der Waals surface area contributed by atoms with E-state index in [2.05, 4.69) is 46.8 Å². The number of benzene rings is 1. The number of nitrogens with zero attached hydrogens (tertiary/aromatic N) is 2. The molecule has 3 N–H and O–H groups in total. The molecule has 20 heavy (non-hydrogen) atoms. The summed E-state index contributed by atoms with van der Waals surface area (Å²) in [5.41, 5.74) is 9.44. The highest BCUT2D eigenvalue weighted by Crippen LogP contribution is 2.26. The fraction of sp³-hybridized carbons (Fsp3) is 0.500. The first-order valence-electron chi connectivity index (χ1n) is 7.47. The minimum absolute atomic E-state index is 0.467. The van der Waals surface area contributed by atoms with Crippen LogP contribution in [0.3, 0.4) is 0 Å². The molecule has 3 rings (SSSR count). The standard InChI is InChI=1S/C16H24N4/c1-12(2)20-15(11-19-7-5-18-6-8-19)10-13-9-14(17)3-4-16(13)20/h3-4,9-10,12,18H,5-8,11,17H2,1-2H3. The second kappa shape index (κ2) is 5.46. The lowest BCUT2D eigenvalue weighted by Gasteiger charge is -2.28. The maximum absolute atomic E-state index is 5.92. The predicted molar refractivity (Wildman–Crippen MR) is 84.9 cm³/mol. The third-order valence-corrected chi connectivity index (χ3v) is 4.05. The van der Waals surface area contributed by atoms with Crippen molar-refractivity contribution in [3.8, 4) is 0 Å². The van der Waals surface area contributed by atoms with Crippen LogP contribution in [0.1, 0.15) is 25.6 Å². The maximum atomic E-state index is 5.92. The lowest BCUT2D eigenvalue weighted by Crippen LogP contribution is -2.43. The van der Waals surface area contributed by atoms with Crippen molar-refractivity contribution in [3.05, 3.63) is 30.0 Å². The normalized spacial score (nSPS) is 17.1. The van der Waals surface area contributed by atoms with Crippen LogP contribution in [0, 0.1) is 0 Å². The van der Waals surface area contributed by atoms with E-state index in [1.807, 2.05) is 6.07 Å². The molecule has 0 saturated carbocycles. The van der Waals surface area contributed by atoms with Gasteiger partial charge in [0.05, 0.1) is 0 Å². The molecule has 1 aromatic carbocycles.